The van der Waals surface area contributed by atoms with Gasteiger partial charge in [-0.2, -0.15) is 0 Å². The molecule has 1 aliphatic heterocycles. The van der Waals surface area contributed by atoms with Crippen LogP contribution in [0.5, 0.6) is 17.2 Å². The van der Waals surface area contributed by atoms with Crippen LogP contribution in [0.3, 0.4) is 0 Å². The topological polar surface area (TPSA) is 51.6 Å². The predicted molar refractivity (Wildman–Crippen MR) is 163 cm³/mol. The van der Waals surface area contributed by atoms with Crippen molar-refractivity contribution in [1.29, 1.82) is 0 Å². The van der Waals surface area contributed by atoms with E-state index in [2.05, 4.69) is 39.7 Å². The second kappa shape index (κ2) is 11.1. The highest BCUT2D eigenvalue weighted by atomic mass is 32.1. The highest BCUT2D eigenvalue weighted by Gasteiger charge is 2.42. The summed E-state index contributed by atoms with van der Waals surface area (Å²) in [6.07, 6.45) is 1.80. The van der Waals surface area contributed by atoms with Gasteiger partial charge in [-0.3, -0.25) is 4.98 Å². The summed E-state index contributed by atoms with van der Waals surface area (Å²) in [6.45, 7) is 4.15. The first-order valence-electron chi connectivity index (χ1n) is 13.3. The molecule has 0 saturated carbocycles. The molecule has 1 N–H and O–H groups in total. The van der Waals surface area contributed by atoms with Crippen LogP contribution in [0.2, 0.25) is 0 Å². The lowest BCUT2D eigenvalue weighted by Gasteiger charge is -2.28. The zero-order valence-electron chi connectivity index (χ0n) is 22.9. The summed E-state index contributed by atoms with van der Waals surface area (Å²) in [5.41, 5.74) is 5.93. The zero-order valence-corrected chi connectivity index (χ0v) is 23.7. The minimum Gasteiger partial charge on any atom is -0.497 e. The SMILES string of the molecule is COc1ccc(Oc2ccc(N3C(=S)N[C@@H](c4ccccn4)[C@@H]3c3cc(C)n(-c4ccc(F)cc4)c3C)cc2)cc1. The molecular formula is C33H29FN4O2S. The van der Waals surface area contributed by atoms with Crippen molar-refractivity contribution in [1.82, 2.24) is 14.9 Å². The summed E-state index contributed by atoms with van der Waals surface area (Å²) >= 11 is 5.92. The van der Waals surface area contributed by atoms with Gasteiger partial charge in [0.05, 0.1) is 24.9 Å². The number of aromatic nitrogens is 2. The number of hydrogen-bond acceptors (Lipinski definition) is 4. The van der Waals surface area contributed by atoms with Crippen molar-refractivity contribution in [2.45, 2.75) is 25.9 Å². The fourth-order valence-electron chi connectivity index (χ4n) is 5.48. The Labute approximate surface area is 244 Å². The number of nitrogens with zero attached hydrogens (tertiary/aromatic N) is 3. The molecule has 1 aliphatic rings. The van der Waals surface area contributed by atoms with Gasteiger partial charge in [0, 0.05) is 29.0 Å². The fraction of sp³-hybridized carbons (Fsp3) is 0.152. The third-order valence-electron chi connectivity index (χ3n) is 7.38. The Morgan fingerprint density at radius 3 is 2.10 bits per heavy atom. The monoisotopic (exact) mass is 564 g/mol. The lowest BCUT2D eigenvalue weighted by atomic mass is 9.96. The van der Waals surface area contributed by atoms with Crippen LogP contribution in [0.15, 0.2) is 103 Å². The molecular weight excluding hydrogens is 535 g/mol. The highest BCUT2D eigenvalue weighted by Crippen LogP contribution is 2.44. The van der Waals surface area contributed by atoms with Crippen molar-refractivity contribution in [3.05, 3.63) is 132 Å². The lowest BCUT2D eigenvalue weighted by Crippen LogP contribution is -2.29. The van der Waals surface area contributed by atoms with E-state index in [0.29, 0.717) is 10.9 Å². The standard InChI is InChI=1S/C33H29FN4O2S/c1-21-20-29(22(2)37(21)24-9-7-23(34)8-10-24)32-31(30-6-4-5-19-35-30)36-33(41)38(32)25-11-13-27(14-12-25)40-28-17-15-26(39-3)16-18-28/h4-20,31-32H,1-3H3,(H,36,41)/t31-,32-/m0/s1. The van der Waals surface area contributed by atoms with Gasteiger partial charge in [0.2, 0.25) is 0 Å². The Balaban J connectivity index is 1.38. The van der Waals surface area contributed by atoms with Gasteiger partial charge < -0.3 is 24.3 Å². The number of nitrogens with one attached hydrogen (secondary N) is 1. The maximum Gasteiger partial charge on any atom is 0.174 e. The van der Waals surface area contributed by atoms with E-state index in [1.165, 1.54) is 12.1 Å². The third kappa shape index (κ3) is 5.14. The average molecular weight is 565 g/mol. The molecule has 5 aromatic rings. The van der Waals surface area contributed by atoms with E-state index in [1.54, 1.807) is 25.4 Å². The maximum absolute atomic E-state index is 13.7. The van der Waals surface area contributed by atoms with E-state index < -0.39 is 0 Å². The fourth-order valence-corrected chi connectivity index (χ4v) is 5.82. The van der Waals surface area contributed by atoms with E-state index >= 15 is 0 Å². The Morgan fingerprint density at radius 2 is 1.46 bits per heavy atom. The molecule has 3 heterocycles. The number of hydrogen-bond donors (Lipinski definition) is 1. The smallest absolute Gasteiger partial charge is 0.174 e. The van der Waals surface area contributed by atoms with Gasteiger partial charge in [0.1, 0.15) is 23.1 Å². The first kappa shape index (κ1) is 26.5. The van der Waals surface area contributed by atoms with Crippen molar-refractivity contribution >= 4 is 23.0 Å². The predicted octanol–water partition coefficient (Wildman–Crippen LogP) is 7.61. The van der Waals surface area contributed by atoms with E-state index in [0.717, 1.165) is 45.5 Å². The van der Waals surface area contributed by atoms with Crippen LogP contribution in [0.1, 0.15) is 34.7 Å². The van der Waals surface area contributed by atoms with Crippen molar-refractivity contribution < 1.29 is 13.9 Å². The number of aryl methyl sites for hydroxylation is 1. The molecule has 0 radical (unpaired) electrons. The molecule has 0 bridgehead atoms. The van der Waals surface area contributed by atoms with Crippen LogP contribution in [0.4, 0.5) is 10.1 Å². The van der Waals surface area contributed by atoms with Crippen LogP contribution in [-0.2, 0) is 0 Å². The summed E-state index contributed by atoms with van der Waals surface area (Å²) in [5, 5.41) is 4.14. The largest absolute Gasteiger partial charge is 0.497 e. The molecule has 1 saturated heterocycles. The van der Waals surface area contributed by atoms with Crippen LogP contribution in [0, 0.1) is 19.7 Å². The molecule has 0 unspecified atom stereocenters. The molecule has 3 aromatic carbocycles. The van der Waals surface area contributed by atoms with Crippen LogP contribution < -0.4 is 19.7 Å². The zero-order chi connectivity index (χ0) is 28.5. The van der Waals surface area contributed by atoms with Crippen molar-refractivity contribution in [3.8, 4) is 22.9 Å². The molecule has 0 spiro atoms. The molecule has 206 valence electrons. The number of pyridine rings is 1. The third-order valence-corrected chi connectivity index (χ3v) is 7.70. The molecule has 8 heteroatoms. The Kier molecular flexibility index (Phi) is 7.15. The van der Waals surface area contributed by atoms with Gasteiger partial charge >= 0.3 is 0 Å². The van der Waals surface area contributed by atoms with E-state index in [-0.39, 0.29) is 17.9 Å². The average Bonchev–Trinajstić information content (AvgIpc) is 3.49. The minimum absolute atomic E-state index is 0.175. The second-order valence-electron chi connectivity index (χ2n) is 9.91. The molecule has 41 heavy (non-hydrogen) atoms. The molecule has 0 amide bonds. The number of anilines is 1. The van der Waals surface area contributed by atoms with Crippen molar-refractivity contribution in [2.24, 2.45) is 0 Å². The summed E-state index contributed by atoms with van der Waals surface area (Å²) in [7, 11) is 1.64. The van der Waals surface area contributed by atoms with Crippen molar-refractivity contribution in [3.63, 3.8) is 0 Å². The second-order valence-corrected chi connectivity index (χ2v) is 10.3. The summed E-state index contributed by atoms with van der Waals surface area (Å²) in [4.78, 5) is 6.81. The molecule has 2 aromatic heterocycles. The van der Waals surface area contributed by atoms with Crippen LogP contribution in [0.25, 0.3) is 5.69 Å². The molecule has 6 rings (SSSR count). The van der Waals surface area contributed by atoms with Gasteiger partial charge in [-0.15, -0.1) is 0 Å². The number of thiocarbonyl (C=S) groups is 1. The number of rotatable bonds is 7. The van der Waals surface area contributed by atoms with E-state index in [1.807, 2.05) is 66.7 Å². The molecule has 1 fully saturated rings. The number of halogens is 1. The number of benzene rings is 3. The summed E-state index contributed by atoms with van der Waals surface area (Å²) in [5.74, 6) is 1.94. The molecule has 0 aliphatic carbocycles. The van der Waals surface area contributed by atoms with Gasteiger partial charge in [0.15, 0.2) is 5.11 Å². The van der Waals surface area contributed by atoms with Gasteiger partial charge in [-0.05, 0) is 123 Å². The Hall–Kier alpha value is -4.69. The van der Waals surface area contributed by atoms with Crippen LogP contribution in [-0.4, -0.2) is 21.8 Å². The van der Waals surface area contributed by atoms with Gasteiger partial charge in [-0.25, -0.2) is 4.39 Å². The maximum atomic E-state index is 13.7. The first-order chi connectivity index (χ1) is 19.9. The van der Waals surface area contributed by atoms with Gasteiger partial charge in [-0.1, -0.05) is 6.07 Å². The number of methoxy groups -OCH3 is 1. The molecule has 6 nitrogen and oxygen atoms in total. The van der Waals surface area contributed by atoms with Gasteiger partial charge in [0.25, 0.3) is 0 Å². The molecule has 2 atom stereocenters. The number of ether oxygens (including phenoxy) is 2. The normalized spacial score (nSPS) is 16.5. The first-order valence-corrected chi connectivity index (χ1v) is 13.7. The highest BCUT2D eigenvalue weighted by molar-refractivity contribution is 7.80. The minimum atomic E-state index is -0.261. The lowest BCUT2D eigenvalue weighted by molar-refractivity contribution is 0.413. The van der Waals surface area contributed by atoms with E-state index in [9.17, 15) is 4.39 Å². The summed E-state index contributed by atoms with van der Waals surface area (Å²) < 4.78 is 27.1. The Morgan fingerprint density at radius 1 is 0.829 bits per heavy atom. The Bertz CT molecular complexity index is 1670. The van der Waals surface area contributed by atoms with Crippen LogP contribution >= 0.6 is 12.2 Å². The van der Waals surface area contributed by atoms with Crippen molar-refractivity contribution in [2.75, 3.05) is 12.0 Å². The summed E-state index contributed by atoms with van der Waals surface area (Å²) in [6, 6.07) is 29.7. The van der Waals surface area contributed by atoms with E-state index in [4.69, 9.17) is 21.7 Å². The quantitative estimate of drug-likeness (QED) is 0.205.